The maximum absolute atomic E-state index is 14.0. The van der Waals surface area contributed by atoms with Crippen LogP contribution in [-0.2, 0) is 37.4 Å². The Kier molecular flexibility index (Phi) is 11.0. The van der Waals surface area contributed by atoms with Crippen LogP contribution in [0.5, 0.6) is 5.75 Å². The molecule has 0 saturated heterocycles. The first kappa shape index (κ1) is 29.8. The van der Waals surface area contributed by atoms with E-state index in [0.717, 1.165) is 21.7 Å². The van der Waals surface area contributed by atoms with Crippen molar-refractivity contribution in [2.24, 2.45) is 0 Å². The van der Waals surface area contributed by atoms with Gasteiger partial charge in [-0.1, -0.05) is 72.8 Å². The van der Waals surface area contributed by atoms with Gasteiger partial charge in [0, 0.05) is 26.7 Å². The molecule has 0 aromatic heterocycles. The Morgan fingerprint density at radius 2 is 1.44 bits per heavy atom. The van der Waals surface area contributed by atoms with Gasteiger partial charge in [-0.05, 0) is 28.8 Å². The van der Waals surface area contributed by atoms with E-state index >= 15 is 0 Å². The van der Waals surface area contributed by atoms with E-state index in [1.807, 2.05) is 36.4 Å². The van der Waals surface area contributed by atoms with Crippen molar-refractivity contribution in [3.63, 3.8) is 0 Å². The van der Waals surface area contributed by atoms with E-state index in [0.29, 0.717) is 17.9 Å². The number of hydrogen-bond acceptors (Lipinski definition) is 6. The molecule has 0 aliphatic carbocycles. The monoisotopic (exact) mass is 553 g/mol. The van der Waals surface area contributed by atoms with Crippen LogP contribution in [0.1, 0.15) is 22.7 Å². The third kappa shape index (κ3) is 8.91. The molecule has 1 N–H and O–H groups in total. The van der Waals surface area contributed by atoms with Crippen molar-refractivity contribution < 1.29 is 27.5 Å². The van der Waals surface area contributed by atoms with Crippen LogP contribution in [0.4, 0.5) is 0 Å². The van der Waals surface area contributed by atoms with Gasteiger partial charge in [0.2, 0.25) is 21.8 Å². The van der Waals surface area contributed by atoms with Crippen molar-refractivity contribution in [1.29, 1.82) is 0 Å². The first-order chi connectivity index (χ1) is 18.7. The van der Waals surface area contributed by atoms with Crippen molar-refractivity contribution in [2.75, 3.05) is 40.2 Å². The number of nitrogens with one attached hydrogen (secondary N) is 1. The molecule has 1 atom stereocenters. The van der Waals surface area contributed by atoms with Crippen molar-refractivity contribution in [1.82, 2.24) is 14.5 Å². The van der Waals surface area contributed by atoms with Crippen LogP contribution in [-0.4, -0.2) is 69.6 Å². The summed E-state index contributed by atoms with van der Waals surface area (Å²) in [5.74, 6) is -0.253. The quantitative estimate of drug-likeness (QED) is 0.308. The van der Waals surface area contributed by atoms with Crippen LogP contribution in [0, 0.1) is 0 Å². The fourth-order valence-electron chi connectivity index (χ4n) is 4.05. The fourth-order valence-corrected chi connectivity index (χ4v) is 4.78. The van der Waals surface area contributed by atoms with E-state index < -0.39 is 34.4 Å². The van der Waals surface area contributed by atoms with Crippen molar-refractivity contribution in [2.45, 2.75) is 19.1 Å². The molecule has 0 fully saturated rings. The minimum atomic E-state index is -3.75. The molecule has 0 spiro atoms. The standard InChI is InChI=1S/C29H35N3O6S/c1-37-19-18-30-29(34)28(25-12-8-5-9-13-25)32(21-24-14-16-26(38-2)17-15-24)27(33)22-31(39(3,35)36)20-23-10-6-4-7-11-23/h4-17,28H,18-22H2,1-3H3,(H,30,34)/t28-/m1/s1. The van der Waals surface area contributed by atoms with Gasteiger partial charge in [0.1, 0.15) is 11.8 Å². The summed E-state index contributed by atoms with van der Waals surface area (Å²) < 4.78 is 36.9. The number of nitrogens with zero attached hydrogens (tertiary/aromatic N) is 2. The van der Waals surface area contributed by atoms with Gasteiger partial charge >= 0.3 is 0 Å². The van der Waals surface area contributed by atoms with Gasteiger partial charge < -0.3 is 19.7 Å². The summed E-state index contributed by atoms with van der Waals surface area (Å²) in [6.45, 7) is 0.227. The first-order valence-electron chi connectivity index (χ1n) is 12.5. The normalized spacial score (nSPS) is 12.1. The Labute approximate surface area is 230 Å². The highest BCUT2D eigenvalue weighted by Crippen LogP contribution is 2.25. The number of sulfonamides is 1. The van der Waals surface area contributed by atoms with Crippen LogP contribution in [0.25, 0.3) is 0 Å². The number of amides is 2. The summed E-state index contributed by atoms with van der Waals surface area (Å²) in [5, 5.41) is 2.84. The number of ether oxygens (including phenoxy) is 2. The molecular formula is C29H35N3O6S. The van der Waals surface area contributed by atoms with E-state index in [4.69, 9.17) is 9.47 Å². The summed E-state index contributed by atoms with van der Waals surface area (Å²) in [4.78, 5) is 28.9. The number of hydrogen-bond donors (Lipinski definition) is 1. The van der Waals surface area contributed by atoms with Crippen LogP contribution < -0.4 is 10.1 Å². The molecule has 2 amide bonds. The zero-order chi connectivity index (χ0) is 28.3. The first-order valence-corrected chi connectivity index (χ1v) is 14.3. The lowest BCUT2D eigenvalue weighted by atomic mass is 10.0. The van der Waals surface area contributed by atoms with E-state index in [2.05, 4.69) is 5.32 Å². The van der Waals surface area contributed by atoms with E-state index in [1.54, 1.807) is 55.6 Å². The average molecular weight is 554 g/mol. The molecule has 0 heterocycles. The molecule has 3 rings (SSSR count). The van der Waals surface area contributed by atoms with Gasteiger partial charge in [0.05, 0.1) is 26.5 Å². The second-order valence-electron chi connectivity index (χ2n) is 8.98. The zero-order valence-corrected chi connectivity index (χ0v) is 23.3. The summed E-state index contributed by atoms with van der Waals surface area (Å²) in [5.41, 5.74) is 2.10. The van der Waals surface area contributed by atoms with Crippen LogP contribution in [0.15, 0.2) is 84.9 Å². The van der Waals surface area contributed by atoms with Crippen molar-refractivity contribution in [3.05, 3.63) is 102 Å². The highest BCUT2D eigenvalue weighted by atomic mass is 32.2. The highest BCUT2D eigenvalue weighted by Gasteiger charge is 2.33. The Balaban J connectivity index is 2.00. The average Bonchev–Trinajstić information content (AvgIpc) is 2.93. The maximum Gasteiger partial charge on any atom is 0.247 e. The molecule has 9 nitrogen and oxygen atoms in total. The lowest BCUT2D eigenvalue weighted by Crippen LogP contribution is -2.48. The van der Waals surface area contributed by atoms with Crippen LogP contribution in [0.3, 0.4) is 0 Å². The van der Waals surface area contributed by atoms with Gasteiger partial charge in [-0.15, -0.1) is 0 Å². The Morgan fingerprint density at radius 1 is 0.846 bits per heavy atom. The molecule has 39 heavy (non-hydrogen) atoms. The lowest BCUT2D eigenvalue weighted by Gasteiger charge is -2.33. The number of carbonyl (C=O) groups excluding carboxylic acids is 2. The molecule has 208 valence electrons. The predicted octanol–water partition coefficient (Wildman–Crippen LogP) is 2.99. The van der Waals surface area contributed by atoms with E-state index in [-0.39, 0.29) is 19.6 Å². The van der Waals surface area contributed by atoms with Crippen LogP contribution in [0.2, 0.25) is 0 Å². The van der Waals surface area contributed by atoms with Crippen molar-refractivity contribution in [3.8, 4) is 5.75 Å². The third-order valence-corrected chi connectivity index (χ3v) is 7.29. The van der Waals surface area contributed by atoms with Crippen LogP contribution >= 0.6 is 0 Å². The van der Waals surface area contributed by atoms with Crippen molar-refractivity contribution >= 4 is 21.8 Å². The van der Waals surface area contributed by atoms with E-state index in [1.165, 1.54) is 12.0 Å². The molecule has 0 aliphatic rings. The predicted molar refractivity (Wildman–Crippen MR) is 149 cm³/mol. The lowest BCUT2D eigenvalue weighted by molar-refractivity contribution is -0.141. The molecule has 0 saturated carbocycles. The molecule has 0 radical (unpaired) electrons. The third-order valence-electron chi connectivity index (χ3n) is 6.10. The zero-order valence-electron chi connectivity index (χ0n) is 22.4. The van der Waals surface area contributed by atoms with Gasteiger partial charge in [0.25, 0.3) is 0 Å². The topological polar surface area (TPSA) is 105 Å². The number of benzene rings is 3. The highest BCUT2D eigenvalue weighted by molar-refractivity contribution is 7.88. The molecule has 3 aromatic carbocycles. The van der Waals surface area contributed by atoms with Gasteiger partial charge in [-0.3, -0.25) is 9.59 Å². The largest absolute Gasteiger partial charge is 0.497 e. The fraction of sp³-hybridized carbons (Fsp3) is 0.310. The van der Waals surface area contributed by atoms with Gasteiger partial charge in [0.15, 0.2) is 0 Å². The number of methoxy groups -OCH3 is 2. The maximum atomic E-state index is 14.0. The second kappa shape index (κ2) is 14.4. The van der Waals surface area contributed by atoms with E-state index in [9.17, 15) is 18.0 Å². The molecule has 10 heteroatoms. The smallest absolute Gasteiger partial charge is 0.247 e. The number of rotatable bonds is 14. The summed E-state index contributed by atoms with van der Waals surface area (Å²) >= 11 is 0. The molecular weight excluding hydrogens is 518 g/mol. The molecule has 0 bridgehead atoms. The Hall–Kier alpha value is -3.73. The number of carbonyl (C=O) groups is 2. The Bertz CT molecular complexity index is 1300. The second-order valence-corrected chi connectivity index (χ2v) is 11.0. The van der Waals surface area contributed by atoms with Gasteiger partial charge in [-0.2, -0.15) is 4.31 Å². The summed E-state index contributed by atoms with van der Waals surface area (Å²) in [6.07, 6.45) is 1.07. The molecule has 0 aliphatic heterocycles. The summed E-state index contributed by atoms with van der Waals surface area (Å²) in [6, 6.07) is 24.2. The minimum absolute atomic E-state index is 0.0256. The minimum Gasteiger partial charge on any atom is -0.497 e. The molecule has 3 aromatic rings. The molecule has 0 unspecified atom stereocenters. The Morgan fingerprint density at radius 3 is 2.00 bits per heavy atom. The summed E-state index contributed by atoms with van der Waals surface area (Å²) in [7, 11) is -0.652. The van der Waals surface area contributed by atoms with Gasteiger partial charge in [-0.25, -0.2) is 8.42 Å². The SMILES string of the molecule is COCCNC(=O)[C@@H](c1ccccc1)N(Cc1ccc(OC)cc1)C(=O)CN(Cc1ccccc1)S(C)(=O)=O.